The van der Waals surface area contributed by atoms with Gasteiger partial charge in [-0.25, -0.2) is 4.39 Å². The predicted octanol–water partition coefficient (Wildman–Crippen LogP) is -0.192. The fourth-order valence-electron chi connectivity index (χ4n) is 2.64. The smallest absolute Gasteiger partial charge is 0.318 e. The molecular weight excluding hydrogens is 315 g/mol. The average Bonchev–Trinajstić information content (AvgIpc) is 2.59. The third-order valence-electron chi connectivity index (χ3n) is 3.92. The van der Waals surface area contributed by atoms with Crippen LogP contribution >= 0.6 is 0 Å². The number of para-hydroxylation sites is 1. The zero-order valence-corrected chi connectivity index (χ0v) is 13.6. The summed E-state index contributed by atoms with van der Waals surface area (Å²) in [5.74, 6) is -2.43. The Bertz CT molecular complexity index is 630. The Balaban J connectivity index is 1.98. The van der Waals surface area contributed by atoms with Gasteiger partial charge in [-0.2, -0.15) is 0 Å². The highest BCUT2D eigenvalue weighted by Crippen LogP contribution is 2.20. The summed E-state index contributed by atoms with van der Waals surface area (Å²) < 4.78 is 13.8. The Hall–Kier alpha value is -2.48. The van der Waals surface area contributed by atoms with Crippen LogP contribution < -0.4 is 10.6 Å². The fraction of sp³-hybridized carbons (Fsp3) is 0.438. The minimum atomic E-state index is -0.868. The van der Waals surface area contributed by atoms with Crippen molar-refractivity contribution in [3.63, 3.8) is 0 Å². The molecule has 0 unspecified atom stereocenters. The number of hydrogen-bond acceptors (Lipinski definition) is 5. The van der Waals surface area contributed by atoms with Crippen LogP contribution in [-0.4, -0.2) is 66.8 Å². The van der Waals surface area contributed by atoms with Crippen LogP contribution in [0.15, 0.2) is 24.3 Å². The number of imide groups is 1. The zero-order chi connectivity index (χ0) is 17.7. The van der Waals surface area contributed by atoms with Crippen molar-refractivity contribution in [3.05, 3.63) is 30.1 Å². The van der Waals surface area contributed by atoms with E-state index < -0.39 is 17.7 Å². The molecule has 3 amide bonds. The lowest BCUT2D eigenvalue weighted by Gasteiger charge is -2.36. The third kappa shape index (κ3) is 3.88. The first-order chi connectivity index (χ1) is 11.5. The number of anilines is 1. The Labute approximate surface area is 139 Å². The van der Waals surface area contributed by atoms with Gasteiger partial charge in [0, 0.05) is 46.2 Å². The summed E-state index contributed by atoms with van der Waals surface area (Å²) in [4.78, 5) is 40.0. The molecule has 1 aromatic carbocycles. The van der Waals surface area contributed by atoms with Crippen LogP contribution in [-0.2, 0) is 14.4 Å². The van der Waals surface area contributed by atoms with Crippen LogP contribution in [0.1, 0.15) is 6.92 Å². The van der Waals surface area contributed by atoms with E-state index in [2.05, 4.69) is 0 Å². The number of nitrogens with two attached hydrogens (primary N) is 1. The predicted molar refractivity (Wildman–Crippen MR) is 86.6 cm³/mol. The largest absolute Gasteiger partial charge is 0.366 e. The van der Waals surface area contributed by atoms with E-state index in [0.29, 0.717) is 18.8 Å². The standard InChI is InChI=1S/C16H21FN4O3/c1-12(22)21(7-6-18)16(24)15(23)20-10-8-19(9-11-20)14-5-3-2-4-13(14)17/h2-5H,6-11,18H2,1H3. The highest BCUT2D eigenvalue weighted by Gasteiger charge is 2.31. The van der Waals surface area contributed by atoms with Crippen molar-refractivity contribution >= 4 is 23.4 Å². The molecule has 0 atom stereocenters. The second-order valence-corrected chi connectivity index (χ2v) is 5.50. The van der Waals surface area contributed by atoms with E-state index in [1.807, 2.05) is 4.90 Å². The SMILES string of the molecule is CC(=O)N(CCN)C(=O)C(=O)N1CCN(c2ccccc2F)CC1. The molecule has 1 aliphatic rings. The Kier molecular flexibility index (Phi) is 5.86. The molecule has 0 aliphatic carbocycles. The van der Waals surface area contributed by atoms with E-state index in [-0.39, 0.29) is 32.0 Å². The Morgan fingerprint density at radius 2 is 1.79 bits per heavy atom. The van der Waals surface area contributed by atoms with Crippen LogP contribution in [0.25, 0.3) is 0 Å². The molecule has 1 heterocycles. The second kappa shape index (κ2) is 7.87. The van der Waals surface area contributed by atoms with Gasteiger partial charge in [-0.15, -0.1) is 0 Å². The summed E-state index contributed by atoms with van der Waals surface area (Å²) in [6, 6.07) is 6.42. The van der Waals surface area contributed by atoms with Gasteiger partial charge in [-0.1, -0.05) is 12.1 Å². The lowest BCUT2D eigenvalue weighted by molar-refractivity contribution is -0.156. The molecule has 7 nitrogen and oxygen atoms in total. The minimum absolute atomic E-state index is 0.00903. The maximum Gasteiger partial charge on any atom is 0.318 e. The van der Waals surface area contributed by atoms with E-state index in [1.165, 1.54) is 17.9 Å². The number of piperazine rings is 1. The van der Waals surface area contributed by atoms with Crippen LogP contribution in [0.5, 0.6) is 0 Å². The fourth-order valence-corrected chi connectivity index (χ4v) is 2.64. The number of nitrogens with zero attached hydrogens (tertiary/aromatic N) is 3. The molecule has 130 valence electrons. The van der Waals surface area contributed by atoms with Crippen LogP contribution in [0, 0.1) is 5.82 Å². The number of carbonyl (C=O) groups is 3. The molecule has 1 aliphatic heterocycles. The molecule has 0 saturated carbocycles. The number of halogens is 1. The van der Waals surface area contributed by atoms with E-state index in [4.69, 9.17) is 5.73 Å². The summed E-state index contributed by atoms with van der Waals surface area (Å²) in [5, 5.41) is 0. The van der Waals surface area contributed by atoms with Crippen molar-refractivity contribution < 1.29 is 18.8 Å². The lowest BCUT2D eigenvalue weighted by Crippen LogP contribution is -2.54. The monoisotopic (exact) mass is 336 g/mol. The topological polar surface area (TPSA) is 86.9 Å². The normalized spacial score (nSPS) is 14.5. The Morgan fingerprint density at radius 1 is 1.17 bits per heavy atom. The summed E-state index contributed by atoms with van der Waals surface area (Å²) in [5.41, 5.74) is 5.84. The van der Waals surface area contributed by atoms with E-state index in [9.17, 15) is 18.8 Å². The Morgan fingerprint density at radius 3 is 2.33 bits per heavy atom. The van der Waals surface area contributed by atoms with Gasteiger partial charge in [0.25, 0.3) is 0 Å². The average molecular weight is 336 g/mol. The number of rotatable bonds is 3. The quantitative estimate of drug-likeness (QED) is 0.773. The van der Waals surface area contributed by atoms with E-state index in [0.717, 1.165) is 4.90 Å². The van der Waals surface area contributed by atoms with Crippen LogP contribution in [0.4, 0.5) is 10.1 Å². The highest BCUT2D eigenvalue weighted by atomic mass is 19.1. The highest BCUT2D eigenvalue weighted by molar-refractivity contribution is 6.37. The van der Waals surface area contributed by atoms with Crippen LogP contribution in [0.2, 0.25) is 0 Å². The number of carbonyl (C=O) groups excluding carboxylic acids is 3. The molecule has 1 fully saturated rings. The molecule has 2 N–H and O–H groups in total. The van der Waals surface area contributed by atoms with Gasteiger partial charge in [0.05, 0.1) is 5.69 Å². The van der Waals surface area contributed by atoms with Gasteiger partial charge in [0.2, 0.25) is 5.91 Å². The molecular formula is C16H21FN4O3. The first-order valence-electron chi connectivity index (χ1n) is 7.76. The van der Waals surface area contributed by atoms with Gasteiger partial charge >= 0.3 is 11.8 Å². The number of benzene rings is 1. The van der Waals surface area contributed by atoms with Crippen molar-refractivity contribution in [3.8, 4) is 0 Å². The van der Waals surface area contributed by atoms with Crippen LogP contribution in [0.3, 0.4) is 0 Å². The maximum atomic E-state index is 13.8. The molecule has 24 heavy (non-hydrogen) atoms. The van der Waals surface area contributed by atoms with Gasteiger partial charge in [0.1, 0.15) is 5.82 Å². The third-order valence-corrected chi connectivity index (χ3v) is 3.92. The van der Waals surface area contributed by atoms with Gasteiger partial charge in [0.15, 0.2) is 0 Å². The molecule has 0 spiro atoms. The molecule has 8 heteroatoms. The van der Waals surface area contributed by atoms with Crippen molar-refractivity contribution in [2.24, 2.45) is 5.73 Å². The molecule has 2 rings (SSSR count). The molecule has 0 bridgehead atoms. The number of hydrogen-bond donors (Lipinski definition) is 1. The first kappa shape index (κ1) is 17.9. The molecule has 0 aromatic heterocycles. The maximum absolute atomic E-state index is 13.8. The van der Waals surface area contributed by atoms with Crippen molar-refractivity contribution in [1.82, 2.24) is 9.80 Å². The summed E-state index contributed by atoms with van der Waals surface area (Å²) in [6.07, 6.45) is 0. The molecule has 0 radical (unpaired) electrons. The van der Waals surface area contributed by atoms with Crippen molar-refractivity contribution in [2.45, 2.75) is 6.92 Å². The molecule has 1 saturated heterocycles. The van der Waals surface area contributed by atoms with E-state index in [1.54, 1.807) is 18.2 Å². The summed E-state index contributed by atoms with van der Waals surface area (Å²) >= 11 is 0. The van der Waals surface area contributed by atoms with Crippen molar-refractivity contribution in [2.75, 3.05) is 44.2 Å². The second-order valence-electron chi connectivity index (χ2n) is 5.50. The lowest BCUT2D eigenvalue weighted by atomic mass is 10.2. The van der Waals surface area contributed by atoms with Gasteiger partial charge in [-0.3, -0.25) is 19.3 Å². The zero-order valence-electron chi connectivity index (χ0n) is 13.6. The summed E-state index contributed by atoms with van der Waals surface area (Å²) in [6.45, 7) is 2.72. The molecule has 1 aromatic rings. The van der Waals surface area contributed by atoms with E-state index >= 15 is 0 Å². The van der Waals surface area contributed by atoms with Gasteiger partial charge < -0.3 is 15.5 Å². The van der Waals surface area contributed by atoms with Crippen molar-refractivity contribution in [1.29, 1.82) is 0 Å². The number of amides is 3. The summed E-state index contributed by atoms with van der Waals surface area (Å²) in [7, 11) is 0. The first-order valence-corrected chi connectivity index (χ1v) is 7.76. The minimum Gasteiger partial charge on any atom is -0.366 e. The van der Waals surface area contributed by atoms with Gasteiger partial charge in [-0.05, 0) is 12.1 Å².